The van der Waals surface area contributed by atoms with E-state index in [2.05, 4.69) is 38.1 Å². The first-order valence-corrected chi connectivity index (χ1v) is 4.92. The average molecular weight is 178 g/mol. The third kappa shape index (κ3) is 2.35. The van der Waals surface area contributed by atoms with Gasteiger partial charge in [0.05, 0.1) is 0 Å². The minimum absolute atomic E-state index is 1.34. The van der Waals surface area contributed by atoms with Gasteiger partial charge in [-0.1, -0.05) is 18.2 Å². The highest BCUT2D eigenvalue weighted by Gasteiger charge is 1.96. The smallest absolute Gasteiger partial charge is 0.0302 e. The van der Waals surface area contributed by atoms with Crippen molar-refractivity contribution < 1.29 is 0 Å². The van der Waals surface area contributed by atoms with E-state index in [0.717, 1.165) is 0 Å². The van der Waals surface area contributed by atoms with E-state index in [1.165, 1.54) is 15.3 Å². The summed E-state index contributed by atoms with van der Waals surface area (Å²) in [6.45, 7) is 6.31. The molecule has 0 radical (unpaired) electrons. The molecule has 0 aromatic carbocycles. The van der Waals surface area contributed by atoms with Crippen LogP contribution in [0.2, 0.25) is 0 Å². The second-order valence-corrected chi connectivity index (χ2v) is 4.07. The molecule has 0 bridgehead atoms. The molecule has 1 aromatic heterocycles. The molecule has 0 atom stereocenters. The Kier molecular flexibility index (Phi) is 3.30. The lowest BCUT2D eigenvalue weighted by molar-refractivity contribution is 1.63. The first-order valence-electron chi connectivity index (χ1n) is 4.10. The zero-order valence-corrected chi connectivity index (χ0v) is 8.61. The van der Waals surface area contributed by atoms with Gasteiger partial charge >= 0.3 is 0 Å². The highest BCUT2D eigenvalue weighted by molar-refractivity contribution is 7.13. The fraction of sp³-hybridized carbons (Fsp3) is 0.273. The summed E-state index contributed by atoms with van der Waals surface area (Å²) in [5, 5.41) is 0. The van der Waals surface area contributed by atoms with Gasteiger partial charge in [-0.2, -0.15) is 0 Å². The van der Waals surface area contributed by atoms with Gasteiger partial charge in [0.1, 0.15) is 0 Å². The van der Waals surface area contributed by atoms with E-state index in [0.29, 0.717) is 0 Å². The van der Waals surface area contributed by atoms with Gasteiger partial charge in [0.15, 0.2) is 0 Å². The van der Waals surface area contributed by atoms with E-state index in [-0.39, 0.29) is 0 Å². The summed E-state index contributed by atoms with van der Waals surface area (Å²) >= 11 is 1.84. The minimum Gasteiger partial charge on any atom is -0.141 e. The molecule has 0 saturated heterocycles. The normalized spacial score (nSPS) is 12.8. The number of allylic oxidation sites excluding steroid dienone is 4. The molecule has 12 heavy (non-hydrogen) atoms. The standard InChI is InChI=1S/C11H14S/c1-4-5-6-9(2)11-8-7-10(3)12-11/h4-8H,1-3H3/b5-4-,9-6+. The van der Waals surface area contributed by atoms with Crippen LogP contribution < -0.4 is 0 Å². The van der Waals surface area contributed by atoms with Crippen molar-refractivity contribution in [2.75, 3.05) is 0 Å². The molecule has 0 nitrogen and oxygen atoms in total. The van der Waals surface area contributed by atoms with Crippen LogP contribution in [0.3, 0.4) is 0 Å². The molecule has 1 aromatic rings. The molecule has 64 valence electrons. The molecule has 0 fully saturated rings. The first kappa shape index (κ1) is 9.27. The lowest BCUT2D eigenvalue weighted by atomic mass is 10.2. The molecule has 0 N–H and O–H groups in total. The van der Waals surface area contributed by atoms with Crippen molar-refractivity contribution in [3.63, 3.8) is 0 Å². The predicted octanol–water partition coefficient (Wildman–Crippen LogP) is 4.04. The van der Waals surface area contributed by atoms with E-state index < -0.39 is 0 Å². The van der Waals surface area contributed by atoms with Crippen LogP contribution in [0.5, 0.6) is 0 Å². The lowest BCUT2D eigenvalue weighted by Crippen LogP contribution is -1.67. The molecule has 0 unspecified atom stereocenters. The number of aryl methyl sites for hydroxylation is 1. The largest absolute Gasteiger partial charge is 0.141 e. The van der Waals surface area contributed by atoms with Crippen molar-refractivity contribution in [3.05, 3.63) is 40.1 Å². The Hall–Kier alpha value is -0.820. The third-order valence-corrected chi connectivity index (χ3v) is 2.80. The zero-order valence-electron chi connectivity index (χ0n) is 7.79. The van der Waals surface area contributed by atoms with Crippen LogP contribution in [0.1, 0.15) is 23.6 Å². The van der Waals surface area contributed by atoms with Gasteiger partial charge in [-0.05, 0) is 38.5 Å². The molecular formula is C11H14S. The minimum atomic E-state index is 1.34. The van der Waals surface area contributed by atoms with Gasteiger partial charge in [0.25, 0.3) is 0 Å². The van der Waals surface area contributed by atoms with E-state index in [1.807, 2.05) is 24.3 Å². The summed E-state index contributed by atoms with van der Waals surface area (Å²) in [4.78, 5) is 2.74. The van der Waals surface area contributed by atoms with Crippen LogP contribution in [-0.2, 0) is 0 Å². The number of hydrogen-bond donors (Lipinski definition) is 0. The maximum atomic E-state index is 2.18. The summed E-state index contributed by atoms with van der Waals surface area (Å²) in [7, 11) is 0. The SMILES string of the molecule is C/C=C\C=C(/C)c1ccc(C)s1. The van der Waals surface area contributed by atoms with Crippen LogP contribution in [0.25, 0.3) is 5.57 Å². The van der Waals surface area contributed by atoms with Crippen molar-refractivity contribution in [3.8, 4) is 0 Å². The Balaban J connectivity index is 2.84. The van der Waals surface area contributed by atoms with Crippen LogP contribution in [0, 0.1) is 6.92 Å². The number of hydrogen-bond acceptors (Lipinski definition) is 1. The second kappa shape index (κ2) is 4.27. The van der Waals surface area contributed by atoms with Gasteiger partial charge in [-0.3, -0.25) is 0 Å². The van der Waals surface area contributed by atoms with E-state index >= 15 is 0 Å². The highest BCUT2D eigenvalue weighted by Crippen LogP contribution is 2.22. The quantitative estimate of drug-likeness (QED) is 0.600. The predicted molar refractivity (Wildman–Crippen MR) is 57.5 cm³/mol. The fourth-order valence-electron chi connectivity index (χ4n) is 0.969. The molecule has 0 aliphatic heterocycles. The Labute approximate surface area is 78.2 Å². The van der Waals surface area contributed by atoms with Crippen molar-refractivity contribution in [2.45, 2.75) is 20.8 Å². The molecule has 0 aliphatic rings. The van der Waals surface area contributed by atoms with Crippen molar-refractivity contribution in [2.24, 2.45) is 0 Å². The summed E-state index contributed by atoms with van der Waals surface area (Å²) in [6, 6.07) is 4.34. The molecular weight excluding hydrogens is 164 g/mol. The maximum Gasteiger partial charge on any atom is 0.0302 e. The van der Waals surface area contributed by atoms with E-state index in [9.17, 15) is 0 Å². The van der Waals surface area contributed by atoms with Crippen molar-refractivity contribution in [1.29, 1.82) is 0 Å². The van der Waals surface area contributed by atoms with Gasteiger partial charge < -0.3 is 0 Å². The summed E-state index contributed by atoms with van der Waals surface area (Å²) in [6.07, 6.45) is 6.26. The molecule has 0 aliphatic carbocycles. The zero-order chi connectivity index (χ0) is 8.97. The molecule has 0 saturated carbocycles. The molecule has 1 heteroatoms. The molecule has 1 heterocycles. The Bertz CT molecular complexity index is 303. The third-order valence-electron chi connectivity index (χ3n) is 1.67. The van der Waals surface area contributed by atoms with Crippen molar-refractivity contribution in [1.82, 2.24) is 0 Å². The van der Waals surface area contributed by atoms with Gasteiger partial charge in [-0.15, -0.1) is 11.3 Å². The van der Waals surface area contributed by atoms with Crippen LogP contribution in [-0.4, -0.2) is 0 Å². The highest BCUT2D eigenvalue weighted by atomic mass is 32.1. The van der Waals surface area contributed by atoms with Gasteiger partial charge in [-0.25, -0.2) is 0 Å². The summed E-state index contributed by atoms with van der Waals surface area (Å²) < 4.78 is 0. The lowest BCUT2D eigenvalue weighted by Gasteiger charge is -1.92. The average Bonchev–Trinajstić information content (AvgIpc) is 2.47. The Morgan fingerprint density at radius 2 is 2.17 bits per heavy atom. The van der Waals surface area contributed by atoms with Crippen LogP contribution in [0.15, 0.2) is 30.4 Å². The number of thiophene rings is 1. The monoisotopic (exact) mass is 178 g/mol. The first-order chi connectivity index (χ1) is 5.74. The number of rotatable bonds is 2. The molecule has 0 amide bonds. The van der Waals surface area contributed by atoms with Gasteiger partial charge in [0, 0.05) is 9.75 Å². The van der Waals surface area contributed by atoms with Crippen molar-refractivity contribution >= 4 is 16.9 Å². The molecule has 0 spiro atoms. The van der Waals surface area contributed by atoms with Crippen LogP contribution in [0.4, 0.5) is 0 Å². The Morgan fingerprint density at radius 3 is 2.67 bits per heavy atom. The topological polar surface area (TPSA) is 0 Å². The van der Waals surface area contributed by atoms with Gasteiger partial charge in [0.2, 0.25) is 0 Å². The summed E-state index contributed by atoms with van der Waals surface area (Å²) in [5.41, 5.74) is 1.34. The summed E-state index contributed by atoms with van der Waals surface area (Å²) in [5.74, 6) is 0. The second-order valence-electron chi connectivity index (χ2n) is 2.79. The Morgan fingerprint density at radius 1 is 1.42 bits per heavy atom. The van der Waals surface area contributed by atoms with Crippen LogP contribution >= 0.6 is 11.3 Å². The maximum absolute atomic E-state index is 2.18. The van der Waals surface area contributed by atoms with E-state index in [1.54, 1.807) is 0 Å². The fourth-order valence-corrected chi connectivity index (χ4v) is 1.82. The van der Waals surface area contributed by atoms with E-state index in [4.69, 9.17) is 0 Å². The molecule has 1 rings (SSSR count).